The molecule has 2 N–H and O–H groups in total. The Morgan fingerprint density at radius 3 is 2.86 bits per heavy atom. The van der Waals surface area contributed by atoms with Crippen molar-refractivity contribution in [3.05, 3.63) is 77.8 Å². The van der Waals surface area contributed by atoms with Crippen LogP contribution in [-0.2, 0) is 0 Å². The lowest BCUT2D eigenvalue weighted by molar-refractivity contribution is 1.01. The molecule has 1 aromatic carbocycles. The molecule has 0 bridgehead atoms. The van der Waals surface area contributed by atoms with Crippen molar-refractivity contribution in [3.8, 4) is 6.07 Å². The summed E-state index contributed by atoms with van der Waals surface area (Å²) in [5.41, 5.74) is 10.4. The van der Waals surface area contributed by atoms with E-state index < -0.39 is 0 Å². The maximum atomic E-state index is 9.07. The number of nitrogens with zero attached hydrogens (tertiary/aromatic N) is 3. The molecule has 21 heavy (non-hydrogen) atoms. The normalized spacial score (nSPS) is 14.1. The van der Waals surface area contributed by atoms with E-state index in [0.717, 1.165) is 22.6 Å². The highest BCUT2D eigenvalue weighted by Gasteiger charge is 2.18. The van der Waals surface area contributed by atoms with Gasteiger partial charge in [0.05, 0.1) is 23.9 Å². The third-order valence-corrected chi connectivity index (χ3v) is 3.33. The Hall–Kier alpha value is -3.06. The van der Waals surface area contributed by atoms with Gasteiger partial charge in [-0.15, -0.1) is 0 Å². The van der Waals surface area contributed by atoms with Crippen molar-refractivity contribution in [1.29, 1.82) is 5.26 Å². The second kappa shape index (κ2) is 5.51. The maximum absolute atomic E-state index is 9.07. The molecule has 4 nitrogen and oxygen atoms in total. The lowest BCUT2D eigenvalue weighted by Crippen LogP contribution is -2.29. The van der Waals surface area contributed by atoms with Crippen molar-refractivity contribution < 1.29 is 0 Å². The van der Waals surface area contributed by atoms with Gasteiger partial charge in [0, 0.05) is 29.3 Å². The van der Waals surface area contributed by atoms with Gasteiger partial charge in [-0.1, -0.05) is 6.07 Å². The number of nitriles is 1. The van der Waals surface area contributed by atoms with Gasteiger partial charge in [-0.3, -0.25) is 4.98 Å². The van der Waals surface area contributed by atoms with Crippen LogP contribution < -0.4 is 10.6 Å². The molecule has 0 radical (unpaired) electrons. The molecular weight excluding hydrogens is 260 g/mol. The van der Waals surface area contributed by atoms with Crippen molar-refractivity contribution in [2.75, 3.05) is 11.4 Å². The first-order valence-electron chi connectivity index (χ1n) is 6.62. The van der Waals surface area contributed by atoms with Crippen LogP contribution in [0, 0.1) is 11.3 Å². The van der Waals surface area contributed by atoms with Crippen molar-refractivity contribution >= 4 is 11.4 Å². The minimum atomic E-state index is 0.593. The van der Waals surface area contributed by atoms with Gasteiger partial charge in [-0.2, -0.15) is 5.26 Å². The molecule has 0 amide bonds. The van der Waals surface area contributed by atoms with Crippen molar-refractivity contribution in [1.82, 2.24) is 4.98 Å². The monoisotopic (exact) mass is 274 g/mol. The summed E-state index contributed by atoms with van der Waals surface area (Å²) < 4.78 is 0. The van der Waals surface area contributed by atoms with E-state index in [2.05, 4.69) is 16.0 Å². The zero-order chi connectivity index (χ0) is 14.7. The molecule has 1 aliphatic rings. The average Bonchev–Trinajstić information content (AvgIpc) is 2.55. The highest BCUT2D eigenvalue weighted by molar-refractivity contribution is 5.82. The average molecular weight is 274 g/mol. The van der Waals surface area contributed by atoms with E-state index in [4.69, 9.17) is 11.0 Å². The van der Waals surface area contributed by atoms with Crippen LogP contribution in [0.25, 0.3) is 5.70 Å². The van der Waals surface area contributed by atoms with Crippen LogP contribution in [0.3, 0.4) is 0 Å². The van der Waals surface area contributed by atoms with Crippen LogP contribution in [0.5, 0.6) is 0 Å². The van der Waals surface area contributed by atoms with Crippen LogP contribution in [-0.4, -0.2) is 11.5 Å². The van der Waals surface area contributed by atoms with E-state index in [0.29, 0.717) is 12.1 Å². The number of nitrogens with two attached hydrogens (primary N) is 1. The molecular formula is C17H14N4. The minimum absolute atomic E-state index is 0.593. The quantitative estimate of drug-likeness (QED) is 0.914. The SMILES string of the molecule is N#Cc1cccc(N2CC(N)=CC=C2c2cccnc2)c1. The van der Waals surface area contributed by atoms with Crippen LogP contribution >= 0.6 is 0 Å². The number of aromatic nitrogens is 1. The first-order chi connectivity index (χ1) is 10.3. The Morgan fingerprint density at radius 2 is 2.10 bits per heavy atom. The molecule has 0 saturated heterocycles. The fourth-order valence-electron chi connectivity index (χ4n) is 2.34. The lowest BCUT2D eigenvalue weighted by Gasteiger charge is -2.30. The number of pyridine rings is 1. The number of anilines is 1. The smallest absolute Gasteiger partial charge is 0.0992 e. The van der Waals surface area contributed by atoms with E-state index in [1.807, 2.05) is 48.7 Å². The molecule has 4 heteroatoms. The number of hydrogen-bond acceptors (Lipinski definition) is 4. The van der Waals surface area contributed by atoms with Gasteiger partial charge >= 0.3 is 0 Å². The Kier molecular flexibility index (Phi) is 3.40. The van der Waals surface area contributed by atoms with Crippen molar-refractivity contribution in [3.63, 3.8) is 0 Å². The summed E-state index contributed by atoms with van der Waals surface area (Å²) in [7, 11) is 0. The Balaban J connectivity index is 2.06. The first-order valence-corrected chi connectivity index (χ1v) is 6.62. The summed E-state index contributed by atoms with van der Waals surface area (Å²) in [5, 5.41) is 9.07. The third kappa shape index (κ3) is 2.63. The molecule has 0 atom stereocenters. The van der Waals surface area contributed by atoms with Crippen molar-refractivity contribution in [2.24, 2.45) is 5.73 Å². The summed E-state index contributed by atoms with van der Waals surface area (Å²) in [6, 6.07) is 13.6. The number of benzene rings is 1. The summed E-state index contributed by atoms with van der Waals surface area (Å²) >= 11 is 0. The highest BCUT2D eigenvalue weighted by atomic mass is 15.2. The van der Waals surface area contributed by atoms with E-state index in [9.17, 15) is 0 Å². The fourth-order valence-corrected chi connectivity index (χ4v) is 2.34. The number of hydrogen-bond donors (Lipinski definition) is 1. The van der Waals surface area contributed by atoms with Gasteiger partial charge in [-0.25, -0.2) is 0 Å². The molecule has 102 valence electrons. The molecule has 0 unspecified atom stereocenters. The van der Waals surface area contributed by atoms with Gasteiger partial charge in [0.1, 0.15) is 0 Å². The van der Waals surface area contributed by atoms with E-state index >= 15 is 0 Å². The van der Waals surface area contributed by atoms with Gasteiger partial charge in [0.15, 0.2) is 0 Å². The van der Waals surface area contributed by atoms with Gasteiger partial charge in [-0.05, 0) is 42.5 Å². The van der Waals surface area contributed by atoms with Crippen LogP contribution in [0.1, 0.15) is 11.1 Å². The molecule has 1 aromatic heterocycles. The van der Waals surface area contributed by atoms with Gasteiger partial charge in [0.2, 0.25) is 0 Å². The molecule has 0 spiro atoms. The Bertz CT molecular complexity index is 754. The zero-order valence-corrected chi connectivity index (χ0v) is 11.4. The maximum Gasteiger partial charge on any atom is 0.0992 e. The summed E-state index contributed by atoms with van der Waals surface area (Å²) in [5.74, 6) is 0. The predicted octanol–water partition coefficient (Wildman–Crippen LogP) is 2.66. The van der Waals surface area contributed by atoms with Gasteiger partial charge in [0.25, 0.3) is 0 Å². The van der Waals surface area contributed by atoms with E-state index in [1.54, 1.807) is 12.3 Å². The van der Waals surface area contributed by atoms with E-state index in [1.165, 1.54) is 0 Å². The molecule has 3 rings (SSSR count). The third-order valence-electron chi connectivity index (χ3n) is 3.33. The van der Waals surface area contributed by atoms with Crippen molar-refractivity contribution in [2.45, 2.75) is 0 Å². The molecule has 2 heterocycles. The molecule has 0 aliphatic carbocycles. The highest BCUT2D eigenvalue weighted by Crippen LogP contribution is 2.29. The van der Waals surface area contributed by atoms with E-state index in [-0.39, 0.29) is 0 Å². The summed E-state index contributed by atoms with van der Waals surface area (Å²) in [4.78, 5) is 6.26. The van der Waals surface area contributed by atoms with Crippen LogP contribution in [0.2, 0.25) is 0 Å². The lowest BCUT2D eigenvalue weighted by atomic mass is 10.1. The fraction of sp³-hybridized carbons (Fsp3) is 0.0588. The first kappa shape index (κ1) is 12.9. The molecule has 0 fully saturated rings. The Morgan fingerprint density at radius 1 is 1.19 bits per heavy atom. The Labute approximate surface area is 123 Å². The second-order valence-electron chi connectivity index (χ2n) is 4.78. The summed E-state index contributed by atoms with van der Waals surface area (Å²) in [6.07, 6.45) is 7.46. The minimum Gasteiger partial charge on any atom is -0.401 e. The summed E-state index contributed by atoms with van der Waals surface area (Å²) in [6.45, 7) is 0.593. The largest absolute Gasteiger partial charge is 0.401 e. The van der Waals surface area contributed by atoms with Gasteiger partial charge < -0.3 is 10.6 Å². The number of rotatable bonds is 2. The topological polar surface area (TPSA) is 65.9 Å². The van der Waals surface area contributed by atoms with Crippen LogP contribution in [0.4, 0.5) is 5.69 Å². The molecule has 1 aliphatic heterocycles. The predicted molar refractivity (Wildman–Crippen MR) is 83.0 cm³/mol. The molecule has 2 aromatic rings. The zero-order valence-electron chi connectivity index (χ0n) is 11.4. The standard InChI is InChI=1S/C17H14N4/c18-10-13-3-1-5-16(9-13)21-12-15(19)6-7-17(21)14-4-2-8-20-11-14/h1-9,11H,12,19H2. The molecule has 0 saturated carbocycles. The van der Waals surface area contributed by atoms with Crippen LogP contribution in [0.15, 0.2) is 66.6 Å². The number of allylic oxidation sites excluding steroid dienone is 2. The second-order valence-corrected chi connectivity index (χ2v) is 4.78.